The van der Waals surface area contributed by atoms with Crippen LogP contribution in [0.5, 0.6) is 0 Å². The number of aliphatic hydroxyl groups excluding tert-OH is 1. The van der Waals surface area contributed by atoms with Crippen LogP contribution in [-0.4, -0.2) is 11.7 Å². The van der Waals surface area contributed by atoms with Crippen LogP contribution in [0, 0.1) is 17.3 Å². The smallest absolute Gasteiger partial charge is 0.0492 e. The van der Waals surface area contributed by atoms with E-state index in [1.54, 1.807) is 0 Å². The quantitative estimate of drug-likeness (QED) is 0.614. The summed E-state index contributed by atoms with van der Waals surface area (Å²) in [5.74, 6) is 1.64. The van der Waals surface area contributed by atoms with Gasteiger partial charge in [0.05, 0.1) is 0 Å². The molecule has 2 aliphatic carbocycles. The minimum absolute atomic E-state index is 0.361. The fourth-order valence-electron chi connectivity index (χ4n) is 3.35. The molecule has 0 spiro atoms. The molecule has 2 rings (SSSR count). The van der Waals surface area contributed by atoms with Gasteiger partial charge in [-0.15, -0.1) is 0 Å². The van der Waals surface area contributed by atoms with Crippen molar-refractivity contribution >= 4 is 0 Å². The summed E-state index contributed by atoms with van der Waals surface area (Å²) in [6, 6.07) is 0. The highest BCUT2D eigenvalue weighted by Gasteiger charge is 2.49. The van der Waals surface area contributed by atoms with E-state index in [2.05, 4.69) is 6.92 Å². The van der Waals surface area contributed by atoms with Gasteiger partial charge in [-0.05, 0) is 42.9 Å². The van der Waals surface area contributed by atoms with Gasteiger partial charge in [0.25, 0.3) is 0 Å². The first-order chi connectivity index (χ1) is 5.29. The largest absolute Gasteiger partial charge is 0.396 e. The summed E-state index contributed by atoms with van der Waals surface area (Å²) in [6.45, 7) is 2.76. The van der Waals surface area contributed by atoms with Gasteiger partial charge in [0.1, 0.15) is 0 Å². The lowest BCUT2D eigenvalue weighted by molar-refractivity contribution is 0.0690. The molecule has 0 aromatic carbocycles. The molecule has 0 radical (unpaired) electrons. The van der Waals surface area contributed by atoms with E-state index >= 15 is 0 Å². The highest BCUT2D eigenvalue weighted by Crippen LogP contribution is 2.56. The number of aliphatic hydroxyl groups is 1. The number of hydrogen-bond acceptors (Lipinski definition) is 1. The lowest BCUT2D eigenvalue weighted by atomic mass is 9.75. The van der Waals surface area contributed by atoms with Gasteiger partial charge in [-0.1, -0.05) is 13.3 Å². The van der Waals surface area contributed by atoms with Crippen molar-refractivity contribution in [2.24, 2.45) is 17.3 Å². The van der Waals surface area contributed by atoms with E-state index in [0.717, 1.165) is 11.8 Å². The van der Waals surface area contributed by atoms with Crippen LogP contribution in [0.15, 0.2) is 0 Å². The van der Waals surface area contributed by atoms with Crippen LogP contribution in [0.25, 0.3) is 0 Å². The first-order valence-electron chi connectivity index (χ1n) is 4.90. The molecule has 11 heavy (non-hydrogen) atoms. The van der Waals surface area contributed by atoms with Crippen molar-refractivity contribution < 1.29 is 5.11 Å². The SMILES string of the molecule is C[C@H]1CCC2CCC[C@@]21CO. The van der Waals surface area contributed by atoms with E-state index in [1.165, 1.54) is 32.1 Å². The van der Waals surface area contributed by atoms with Gasteiger partial charge in [0.2, 0.25) is 0 Å². The molecule has 1 unspecified atom stereocenters. The molecule has 0 aromatic rings. The Morgan fingerprint density at radius 1 is 1.36 bits per heavy atom. The molecule has 0 bridgehead atoms. The zero-order chi connectivity index (χ0) is 7.90. The lowest BCUT2D eigenvalue weighted by Gasteiger charge is -2.31. The summed E-state index contributed by atoms with van der Waals surface area (Å²) >= 11 is 0. The van der Waals surface area contributed by atoms with Crippen LogP contribution in [0.4, 0.5) is 0 Å². The zero-order valence-electron chi connectivity index (χ0n) is 7.34. The molecule has 3 atom stereocenters. The summed E-state index contributed by atoms with van der Waals surface area (Å²) < 4.78 is 0. The summed E-state index contributed by atoms with van der Waals surface area (Å²) in [4.78, 5) is 0. The van der Waals surface area contributed by atoms with Crippen LogP contribution in [0.1, 0.15) is 39.0 Å². The normalized spacial score (nSPS) is 49.6. The third-order valence-corrected chi connectivity index (χ3v) is 4.23. The molecule has 0 aromatic heterocycles. The van der Waals surface area contributed by atoms with Crippen molar-refractivity contribution in [2.45, 2.75) is 39.0 Å². The predicted octanol–water partition coefficient (Wildman–Crippen LogP) is 2.20. The Morgan fingerprint density at radius 2 is 2.18 bits per heavy atom. The van der Waals surface area contributed by atoms with Gasteiger partial charge in [0.15, 0.2) is 0 Å². The van der Waals surface area contributed by atoms with Gasteiger partial charge in [-0.2, -0.15) is 0 Å². The second kappa shape index (κ2) is 2.48. The molecule has 64 valence electrons. The fourth-order valence-corrected chi connectivity index (χ4v) is 3.35. The van der Waals surface area contributed by atoms with E-state index < -0.39 is 0 Å². The van der Waals surface area contributed by atoms with E-state index in [0.29, 0.717) is 12.0 Å². The van der Waals surface area contributed by atoms with Crippen LogP contribution < -0.4 is 0 Å². The number of rotatable bonds is 1. The third kappa shape index (κ3) is 0.868. The standard InChI is InChI=1S/C10H18O/c1-8-4-5-9-3-2-6-10(8,9)7-11/h8-9,11H,2-7H2,1H3/t8-,9?,10-/m0/s1. The van der Waals surface area contributed by atoms with Crippen LogP contribution >= 0.6 is 0 Å². The maximum atomic E-state index is 9.40. The molecule has 0 heterocycles. The highest BCUT2D eigenvalue weighted by atomic mass is 16.3. The molecule has 2 aliphatic rings. The average Bonchev–Trinajstić information content (AvgIpc) is 2.53. The topological polar surface area (TPSA) is 20.2 Å². The molecular weight excluding hydrogens is 136 g/mol. The minimum atomic E-state index is 0.361. The molecule has 1 nitrogen and oxygen atoms in total. The average molecular weight is 154 g/mol. The maximum Gasteiger partial charge on any atom is 0.0492 e. The van der Waals surface area contributed by atoms with Crippen molar-refractivity contribution in [2.75, 3.05) is 6.61 Å². The Morgan fingerprint density at radius 3 is 2.82 bits per heavy atom. The van der Waals surface area contributed by atoms with Gasteiger partial charge < -0.3 is 5.11 Å². The van der Waals surface area contributed by atoms with Gasteiger partial charge >= 0.3 is 0 Å². The highest BCUT2D eigenvalue weighted by molar-refractivity contribution is 4.99. The molecule has 1 heteroatoms. The van der Waals surface area contributed by atoms with Crippen LogP contribution in [0.3, 0.4) is 0 Å². The Kier molecular flexibility index (Phi) is 1.71. The predicted molar refractivity (Wildman–Crippen MR) is 45.3 cm³/mol. The Hall–Kier alpha value is -0.0400. The first kappa shape index (κ1) is 7.60. The van der Waals surface area contributed by atoms with Crippen molar-refractivity contribution in [1.82, 2.24) is 0 Å². The van der Waals surface area contributed by atoms with Crippen molar-refractivity contribution in [1.29, 1.82) is 0 Å². The minimum Gasteiger partial charge on any atom is -0.396 e. The van der Waals surface area contributed by atoms with Gasteiger partial charge in [0, 0.05) is 6.61 Å². The van der Waals surface area contributed by atoms with E-state index in [9.17, 15) is 5.11 Å². The Bertz CT molecular complexity index is 155. The number of fused-ring (bicyclic) bond motifs is 1. The van der Waals surface area contributed by atoms with Crippen molar-refractivity contribution in [3.63, 3.8) is 0 Å². The third-order valence-electron chi connectivity index (χ3n) is 4.23. The second-order valence-corrected chi connectivity index (χ2v) is 4.46. The number of hydrogen-bond donors (Lipinski definition) is 1. The molecule has 1 N–H and O–H groups in total. The Balaban J connectivity index is 2.22. The van der Waals surface area contributed by atoms with Crippen molar-refractivity contribution in [3.8, 4) is 0 Å². The fraction of sp³-hybridized carbons (Fsp3) is 1.00. The van der Waals surface area contributed by atoms with Crippen LogP contribution in [-0.2, 0) is 0 Å². The van der Waals surface area contributed by atoms with Crippen molar-refractivity contribution in [3.05, 3.63) is 0 Å². The lowest BCUT2D eigenvalue weighted by Crippen LogP contribution is -2.30. The van der Waals surface area contributed by atoms with E-state index in [1.807, 2.05) is 0 Å². The van der Waals surface area contributed by atoms with Crippen LogP contribution in [0.2, 0.25) is 0 Å². The molecule has 0 amide bonds. The summed E-state index contributed by atoms with van der Waals surface area (Å²) in [5, 5.41) is 9.40. The summed E-state index contributed by atoms with van der Waals surface area (Å²) in [5.41, 5.74) is 0.361. The summed E-state index contributed by atoms with van der Waals surface area (Å²) in [7, 11) is 0. The molecular formula is C10H18O. The van der Waals surface area contributed by atoms with Gasteiger partial charge in [-0.25, -0.2) is 0 Å². The van der Waals surface area contributed by atoms with E-state index in [-0.39, 0.29) is 0 Å². The Labute approximate surface area is 68.8 Å². The molecule has 2 saturated carbocycles. The molecule has 0 saturated heterocycles. The molecule has 2 fully saturated rings. The summed E-state index contributed by atoms with van der Waals surface area (Å²) in [6.07, 6.45) is 6.75. The molecule has 0 aliphatic heterocycles. The van der Waals surface area contributed by atoms with Gasteiger partial charge in [-0.3, -0.25) is 0 Å². The first-order valence-corrected chi connectivity index (χ1v) is 4.90. The maximum absolute atomic E-state index is 9.40. The monoisotopic (exact) mass is 154 g/mol. The second-order valence-electron chi connectivity index (χ2n) is 4.46. The zero-order valence-corrected chi connectivity index (χ0v) is 7.34. The van der Waals surface area contributed by atoms with E-state index in [4.69, 9.17) is 0 Å².